The van der Waals surface area contributed by atoms with Crippen LogP contribution in [-0.2, 0) is 9.53 Å². The second-order valence-corrected chi connectivity index (χ2v) is 4.46. The van der Waals surface area contributed by atoms with Crippen molar-refractivity contribution >= 4 is 29.3 Å². The van der Waals surface area contributed by atoms with E-state index in [1.54, 1.807) is 19.1 Å². The number of halogens is 1. The van der Waals surface area contributed by atoms with Gasteiger partial charge in [-0.2, -0.15) is 0 Å². The van der Waals surface area contributed by atoms with Crippen LogP contribution >= 0.6 is 11.6 Å². The summed E-state index contributed by atoms with van der Waals surface area (Å²) in [7, 11) is 0. The molecule has 2 rings (SSSR count). The quantitative estimate of drug-likeness (QED) is 0.357. The maximum atomic E-state index is 11.4. The van der Waals surface area contributed by atoms with Crippen LogP contribution in [0.3, 0.4) is 0 Å². The van der Waals surface area contributed by atoms with E-state index in [4.69, 9.17) is 16.3 Å². The van der Waals surface area contributed by atoms with Crippen LogP contribution in [0.4, 0.5) is 5.69 Å². The Morgan fingerprint density at radius 2 is 2.28 bits per heavy atom. The molecule has 1 aliphatic rings. The van der Waals surface area contributed by atoms with Gasteiger partial charge in [0.25, 0.3) is 5.69 Å². The molecule has 1 atom stereocenters. The largest absolute Gasteiger partial charge is 0.459 e. The molecule has 0 amide bonds. The van der Waals surface area contributed by atoms with E-state index in [2.05, 4.69) is 0 Å². The van der Waals surface area contributed by atoms with Crippen LogP contribution in [-0.4, -0.2) is 17.0 Å². The van der Waals surface area contributed by atoms with Gasteiger partial charge < -0.3 is 4.74 Å². The molecule has 0 radical (unpaired) electrons. The standard InChI is InChI=1S/C12H10ClNO4/c1-7-4-9(12(15)18-7)5-8-2-3-10(13)11(6-8)14(16)17/h2-3,5-7H,4H2,1H3/b9-5+/t7-/m1/s1. The molecule has 0 aliphatic carbocycles. The summed E-state index contributed by atoms with van der Waals surface area (Å²) in [6, 6.07) is 4.40. The third-order valence-electron chi connectivity index (χ3n) is 2.59. The van der Waals surface area contributed by atoms with E-state index < -0.39 is 4.92 Å². The van der Waals surface area contributed by atoms with Crippen LogP contribution in [0.5, 0.6) is 0 Å². The lowest BCUT2D eigenvalue weighted by molar-refractivity contribution is -0.384. The minimum absolute atomic E-state index is 0.0736. The minimum atomic E-state index is -0.556. The van der Waals surface area contributed by atoms with Crippen molar-refractivity contribution in [2.75, 3.05) is 0 Å². The molecule has 18 heavy (non-hydrogen) atoms. The summed E-state index contributed by atoms with van der Waals surface area (Å²) in [6.45, 7) is 1.79. The average molecular weight is 268 g/mol. The topological polar surface area (TPSA) is 69.4 Å². The third kappa shape index (κ3) is 2.51. The predicted octanol–water partition coefficient (Wildman–Crippen LogP) is 2.97. The summed E-state index contributed by atoms with van der Waals surface area (Å²) >= 11 is 5.71. The minimum Gasteiger partial charge on any atom is -0.459 e. The molecular formula is C12H10ClNO4. The SMILES string of the molecule is C[C@@H]1C/C(=C\c2ccc(Cl)c([N+](=O)[O-])c2)C(=O)O1. The number of ether oxygens (including phenoxy) is 1. The highest BCUT2D eigenvalue weighted by atomic mass is 35.5. The highest BCUT2D eigenvalue weighted by Gasteiger charge is 2.25. The highest BCUT2D eigenvalue weighted by molar-refractivity contribution is 6.32. The number of hydrogen-bond donors (Lipinski definition) is 0. The molecule has 1 aromatic carbocycles. The van der Waals surface area contributed by atoms with Crippen LogP contribution in [0.1, 0.15) is 18.9 Å². The monoisotopic (exact) mass is 267 g/mol. The molecule has 0 saturated carbocycles. The van der Waals surface area contributed by atoms with Crippen LogP contribution in [0.2, 0.25) is 5.02 Å². The van der Waals surface area contributed by atoms with Crippen LogP contribution in [0.25, 0.3) is 6.08 Å². The normalized spacial score (nSPS) is 21.1. The third-order valence-corrected chi connectivity index (χ3v) is 2.91. The van der Waals surface area contributed by atoms with Crippen molar-refractivity contribution in [1.29, 1.82) is 0 Å². The lowest BCUT2D eigenvalue weighted by atomic mass is 10.1. The van der Waals surface area contributed by atoms with Crippen LogP contribution in [0, 0.1) is 10.1 Å². The van der Waals surface area contributed by atoms with Crippen LogP contribution < -0.4 is 0 Å². The molecule has 94 valence electrons. The molecule has 0 unspecified atom stereocenters. The molecule has 6 heteroatoms. The number of esters is 1. The number of carbonyl (C=O) groups excluding carboxylic acids is 1. The van der Waals surface area contributed by atoms with Gasteiger partial charge >= 0.3 is 5.97 Å². The zero-order chi connectivity index (χ0) is 13.3. The fourth-order valence-electron chi connectivity index (χ4n) is 1.77. The first-order valence-electron chi connectivity index (χ1n) is 5.33. The van der Waals surface area contributed by atoms with Crippen molar-refractivity contribution < 1.29 is 14.5 Å². The summed E-state index contributed by atoms with van der Waals surface area (Å²) in [5.41, 5.74) is 0.900. The number of nitro benzene ring substituents is 1. The summed E-state index contributed by atoms with van der Waals surface area (Å²) in [4.78, 5) is 21.6. The molecule has 1 fully saturated rings. The smallest absolute Gasteiger partial charge is 0.334 e. The zero-order valence-corrected chi connectivity index (χ0v) is 10.3. The molecule has 5 nitrogen and oxygen atoms in total. The number of hydrogen-bond acceptors (Lipinski definition) is 4. The Kier molecular flexibility index (Phi) is 3.34. The maximum absolute atomic E-state index is 11.4. The summed E-state index contributed by atoms with van der Waals surface area (Å²) in [5, 5.41) is 10.8. The van der Waals surface area contributed by atoms with E-state index in [1.165, 1.54) is 12.1 Å². The van der Waals surface area contributed by atoms with Gasteiger partial charge in [-0.05, 0) is 24.6 Å². The van der Waals surface area contributed by atoms with Crippen molar-refractivity contribution in [3.63, 3.8) is 0 Å². The summed E-state index contributed by atoms with van der Waals surface area (Å²) < 4.78 is 4.98. The number of rotatable bonds is 2. The molecule has 1 aromatic rings. The van der Waals surface area contributed by atoms with E-state index in [0.29, 0.717) is 17.6 Å². The second-order valence-electron chi connectivity index (χ2n) is 4.06. The predicted molar refractivity (Wildman–Crippen MR) is 66.3 cm³/mol. The molecule has 0 aromatic heterocycles. The van der Waals surface area contributed by atoms with E-state index in [-0.39, 0.29) is 22.8 Å². The van der Waals surface area contributed by atoms with Gasteiger partial charge in [-0.15, -0.1) is 0 Å². The second kappa shape index (κ2) is 4.78. The molecule has 1 aliphatic heterocycles. The molecule has 1 saturated heterocycles. The lowest BCUT2D eigenvalue weighted by Gasteiger charge is -1.98. The fourth-order valence-corrected chi connectivity index (χ4v) is 1.96. The molecular weight excluding hydrogens is 258 g/mol. The molecule has 0 spiro atoms. The Bertz CT molecular complexity index is 553. The van der Waals surface area contributed by atoms with E-state index in [9.17, 15) is 14.9 Å². The van der Waals surface area contributed by atoms with Gasteiger partial charge in [0.2, 0.25) is 0 Å². The van der Waals surface area contributed by atoms with Crippen molar-refractivity contribution in [2.24, 2.45) is 0 Å². The first kappa shape index (κ1) is 12.6. The lowest BCUT2D eigenvalue weighted by Crippen LogP contribution is -1.99. The Labute approximate surface area is 108 Å². The highest BCUT2D eigenvalue weighted by Crippen LogP contribution is 2.28. The van der Waals surface area contributed by atoms with Crippen molar-refractivity contribution in [3.05, 3.63) is 44.5 Å². The average Bonchev–Trinajstić information content (AvgIpc) is 2.60. The summed E-state index contributed by atoms with van der Waals surface area (Å²) in [6.07, 6.45) is 1.95. The number of nitro groups is 1. The fraction of sp³-hybridized carbons (Fsp3) is 0.250. The van der Waals surface area contributed by atoms with Gasteiger partial charge in [-0.3, -0.25) is 10.1 Å². The van der Waals surface area contributed by atoms with Gasteiger partial charge in [0.05, 0.1) is 4.92 Å². The van der Waals surface area contributed by atoms with E-state index >= 15 is 0 Å². The molecule has 0 bridgehead atoms. The number of nitrogens with zero attached hydrogens (tertiary/aromatic N) is 1. The summed E-state index contributed by atoms with van der Waals surface area (Å²) in [5.74, 6) is -0.375. The van der Waals surface area contributed by atoms with Crippen LogP contribution in [0.15, 0.2) is 23.8 Å². The van der Waals surface area contributed by atoms with Gasteiger partial charge in [-0.1, -0.05) is 17.7 Å². The van der Waals surface area contributed by atoms with Gasteiger partial charge in [0.1, 0.15) is 11.1 Å². The Balaban J connectivity index is 2.35. The first-order valence-corrected chi connectivity index (χ1v) is 5.70. The van der Waals surface area contributed by atoms with Gasteiger partial charge in [-0.25, -0.2) is 4.79 Å². The Hall–Kier alpha value is -1.88. The van der Waals surface area contributed by atoms with Crippen molar-refractivity contribution in [1.82, 2.24) is 0 Å². The maximum Gasteiger partial charge on any atom is 0.334 e. The molecule has 0 N–H and O–H groups in total. The first-order chi connectivity index (χ1) is 8.47. The Morgan fingerprint density at radius 3 is 2.83 bits per heavy atom. The number of cyclic esters (lactones) is 1. The Morgan fingerprint density at radius 1 is 1.56 bits per heavy atom. The number of benzene rings is 1. The van der Waals surface area contributed by atoms with E-state index in [1.807, 2.05) is 0 Å². The van der Waals surface area contributed by atoms with E-state index in [0.717, 1.165) is 0 Å². The van der Waals surface area contributed by atoms with Gasteiger partial charge in [0, 0.05) is 18.1 Å². The number of carbonyl (C=O) groups is 1. The van der Waals surface area contributed by atoms with Crippen molar-refractivity contribution in [3.8, 4) is 0 Å². The zero-order valence-electron chi connectivity index (χ0n) is 9.55. The van der Waals surface area contributed by atoms with Crippen molar-refractivity contribution in [2.45, 2.75) is 19.4 Å². The molecule has 1 heterocycles. The van der Waals surface area contributed by atoms with Gasteiger partial charge in [0.15, 0.2) is 0 Å².